The van der Waals surface area contributed by atoms with Crippen LogP contribution >= 0.6 is 0 Å². The molecule has 1 aliphatic rings. The molecule has 7 nitrogen and oxygen atoms in total. The van der Waals surface area contributed by atoms with Crippen LogP contribution in [0, 0.1) is 0 Å². The van der Waals surface area contributed by atoms with E-state index < -0.39 is 0 Å². The van der Waals surface area contributed by atoms with Gasteiger partial charge in [-0.3, -0.25) is 0 Å². The molecule has 0 bridgehead atoms. The standard InChI is InChI=1S/C10H13N5O2/c1-17-7-4-6(5-7)11-8-2-3-9-12-13-10(16)15(9)14-8/h2-3,6-7H,4-5H2,1H3,(H,11,14)(H,13,16). The van der Waals surface area contributed by atoms with Crippen molar-refractivity contribution in [3.05, 3.63) is 22.6 Å². The van der Waals surface area contributed by atoms with Gasteiger partial charge >= 0.3 is 5.69 Å². The maximum atomic E-state index is 11.3. The predicted octanol–water partition coefficient (Wildman–Crippen LogP) is 0.00690. The van der Waals surface area contributed by atoms with Gasteiger partial charge in [-0.2, -0.15) is 9.61 Å². The summed E-state index contributed by atoms with van der Waals surface area (Å²) in [5, 5.41) is 13.6. The van der Waals surface area contributed by atoms with Crippen LogP contribution in [0.1, 0.15) is 12.8 Å². The van der Waals surface area contributed by atoms with Gasteiger partial charge in [0.25, 0.3) is 0 Å². The number of anilines is 1. The van der Waals surface area contributed by atoms with Crippen molar-refractivity contribution in [3.8, 4) is 0 Å². The molecule has 0 unspecified atom stereocenters. The molecule has 0 aliphatic heterocycles. The van der Waals surface area contributed by atoms with Crippen LogP contribution in [0.5, 0.6) is 0 Å². The molecular weight excluding hydrogens is 222 g/mol. The normalized spacial score (nSPS) is 23.6. The summed E-state index contributed by atoms with van der Waals surface area (Å²) in [5.74, 6) is 0.681. The lowest BCUT2D eigenvalue weighted by atomic mass is 9.89. The first kappa shape index (κ1) is 10.3. The van der Waals surface area contributed by atoms with E-state index in [9.17, 15) is 4.79 Å². The second-order valence-corrected chi connectivity index (χ2v) is 4.19. The van der Waals surface area contributed by atoms with Crippen LogP contribution in [-0.4, -0.2) is 39.1 Å². The van der Waals surface area contributed by atoms with Crippen LogP contribution in [0.4, 0.5) is 5.82 Å². The number of fused-ring (bicyclic) bond motifs is 1. The number of hydrogen-bond donors (Lipinski definition) is 2. The number of ether oxygens (including phenoxy) is 1. The van der Waals surface area contributed by atoms with Crippen LogP contribution in [0.3, 0.4) is 0 Å². The lowest BCUT2D eigenvalue weighted by Gasteiger charge is -2.34. The van der Waals surface area contributed by atoms with Crippen LogP contribution in [0.15, 0.2) is 16.9 Å². The van der Waals surface area contributed by atoms with Gasteiger partial charge in [-0.15, -0.1) is 5.10 Å². The van der Waals surface area contributed by atoms with Crippen LogP contribution in [0.25, 0.3) is 5.65 Å². The predicted molar refractivity (Wildman–Crippen MR) is 61.0 cm³/mol. The molecule has 3 rings (SSSR count). The highest BCUT2D eigenvalue weighted by Crippen LogP contribution is 2.25. The topological polar surface area (TPSA) is 84.3 Å². The number of nitrogens with one attached hydrogen (secondary N) is 2. The minimum Gasteiger partial charge on any atom is -0.381 e. The van der Waals surface area contributed by atoms with E-state index in [4.69, 9.17) is 4.74 Å². The van der Waals surface area contributed by atoms with E-state index in [1.165, 1.54) is 4.52 Å². The zero-order valence-electron chi connectivity index (χ0n) is 9.38. The van der Waals surface area contributed by atoms with Gasteiger partial charge in [-0.05, 0) is 25.0 Å². The number of rotatable bonds is 3. The molecule has 1 fully saturated rings. The zero-order chi connectivity index (χ0) is 11.8. The molecule has 17 heavy (non-hydrogen) atoms. The summed E-state index contributed by atoms with van der Waals surface area (Å²) in [4.78, 5) is 11.3. The summed E-state index contributed by atoms with van der Waals surface area (Å²) in [6.07, 6.45) is 2.28. The Morgan fingerprint density at radius 3 is 3.12 bits per heavy atom. The lowest BCUT2D eigenvalue weighted by molar-refractivity contribution is 0.0327. The summed E-state index contributed by atoms with van der Waals surface area (Å²) in [6, 6.07) is 3.93. The SMILES string of the molecule is COC1CC(Nc2ccc3n[nH]c(=O)n3n2)C1. The van der Waals surface area contributed by atoms with E-state index >= 15 is 0 Å². The Morgan fingerprint density at radius 1 is 1.53 bits per heavy atom. The first-order chi connectivity index (χ1) is 8.26. The monoisotopic (exact) mass is 235 g/mol. The molecule has 2 aromatic rings. The number of aromatic nitrogens is 4. The van der Waals surface area contributed by atoms with E-state index in [1.54, 1.807) is 13.2 Å². The fraction of sp³-hybridized carbons (Fsp3) is 0.500. The highest BCUT2D eigenvalue weighted by atomic mass is 16.5. The molecule has 90 valence electrons. The maximum Gasteiger partial charge on any atom is 0.364 e. The van der Waals surface area contributed by atoms with Crippen molar-refractivity contribution in [2.24, 2.45) is 0 Å². The third kappa shape index (κ3) is 1.78. The van der Waals surface area contributed by atoms with Crippen LogP contribution < -0.4 is 11.0 Å². The van der Waals surface area contributed by atoms with Crippen molar-refractivity contribution in [1.29, 1.82) is 0 Å². The lowest BCUT2D eigenvalue weighted by Crippen LogP contribution is -2.40. The van der Waals surface area contributed by atoms with Gasteiger partial charge in [0.15, 0.2) is 5.65 Å². The summed E-state index contributed by atoms with van der Waals surface area (Å²) in [5.41, 5.74) is 0.191. The second kappa shape index (κ2) is 3.85. The molecule has 0 saturated heterocycles. The van der Waals surface area contributed by atoms with Crippen molar-refractivity contribution in [3.63, 3.8) is 0 Å². The fourth-order valence-corrected chi connectivity index (χ4v) is 1.96. The fourth-order valence-electron chi connectivity index (χ4n) is 1.96. The van der Waals surface area contributed by atoms with Gasteiger partial charge in [-0.25, -0.2) is 9.89 Å². The smallest absolute Gasteiger partial charge is 0.364 e. The van der Waals surface area contributed by atoms with E-state index in [1.807, 2.05) is 6.07 Å². The Balaban J connectivity index is 1.77. The molecular formula is C10H13N5O2. The van der Waals surface area contributed by atoms with Gasteiger partial charge in [0.1, 0.15) is 5.82 Å². The van der Waals surface area contributed by atoms with E-state index in [0.717, 1.165) is 12.8 Å². The Hall–Kier alpha value is -1.89. The van der Waals surface area contributed by atoms with Crippen molar-refractivity contribution >= 4 is 11.5 Å². The van der Waals surface area contributed by atoms with Crippen molar-refractivity contribution < 1.29 is 4.74 Å². The Kier molecular flexibility index (Phi) is 2.32. The van der Waals surface area contributed by atoms with Gasteiger partial charge in [0.2, 0.25) is 0 Å². The maximum absolute atomic E-state index is 11.3. The molecule has 0 atom stereocenters. The third-order valence-corrected chi connectivity index (χ3v) is 3.05. The Bertz CT molecular complexity index is 584. The Labute approximate surface area is 96.8 Å². The van der Waals surface area contributed by atoms with Crippen molar-refractivity contribution in [1.82, 2.24) is 19.8 Å². The molecule has 0 radical (unpaired) electrons. The molecule has 0 amide bonds. The average Bonchev–Trinajstić information content (AvgIpc) is 2.65. The summed E-state index contributed by atoms with van der Waals surface area (Å²) in [7, 11) is 1.72. The Morgan fingerprint density at radius 2 is 2.35 bits per heavy atom. The molecule has 2 N–H and O–H groups in total. The van der Waals surface area contributed by atoms with Gasteiger partial charge in [0.05, 0.1) is 6.10 Å². The minimum absolute atomic E-state index is 0.327. The van der Waals surface area contributed by atoms with E-state index in [2.05, 4.69) is 20.6 Å². The van der Waals surface area contributed by atoms with Gasteiger partial charge in [0, 0.05) is 13.2 Å². The van der Waals surface area contributed by atoms with Crippen molar-refractivity contribution in [2.45, 2.75) is 25.0 Å². The van der Waals surface area contributed by atoms with E-state index in [-0.39, 0.29) is 5.69 Å². The molecule has 2 heterocycles. The average molecular weight is 235 g/mol. The molecule has 1 aliphatic carbocycles. The molecule has 0 aromatic carbocycles. The highest BCUT2D eigenvalue weighted by Gasteiger charge is 2.29. The second-order valence-electron chi connectivity index (χ2n) is 4.19. The molecule has 0 spiro atoms. The number of aromatic amines is 1. The first-order valence-electron chi connectivity index (χ1n) is 5.50. The minimum atomic E-state index is -0.327. The quantitative estimate of drug-likeness (QED) is 0.782. The summed E-state index contributed by atoms with van der Waals surface area (Å²) >= 11 is 0. The highest BCUT2D eigenvalue weighted by molar-refractivity contribution is 5.43. The van der Waals surface area contributed by atoms with Gasteiger partial charge in [-0.1, -0.05) is 0 Å². The number of hydrogen-bond acceptors (Lipinski definition) is 5. The van der Waals surface area contributed by atoms with Gasteiger partial charge < -0.3 is 10.1 Å². The first-order valence-corrected chi connectivity index (χ1v) is 5.50. The number of nitrogens with zero attached hydrogens (tertiary/aromatic N) is 3. The molecule has 2 aromatic heterocycles. The largest absolute Gasteiger partial charge is 0.381 e. The number of methoxy groups -OCH3 is 1. The molecule has 7 heteroatoms. The van der Waals surface area contributed by atoms with Crippen molar-refractivity contribution in [2.75, 3.05) is 12.4 Å². The summed E-state index contributed by atoms with van der Waals surface area (Å²) < 4.78 is 6.45. The molecule has 1 saturated carbocycles. The van der Waals surface area contributed by atoms with E-state index in [0.29, 0.717) is 23.6 Å². The third-order valence-electron chi connectivity index (χ3n) is 3.05. The van der Waals surface area contributed by atoms with Crippen LogP contribution in [0.2, 0.25) is 0 Å². The van der Waals surface area contributed by atoms with Crippen LogP contribution in [-0.2, 0) is 4.74 Å². The zero-order valence-corrected chi connectivity index (χ0v) is 9.38. The number of H-pyrrole nitrogens is 1. The summed E-state index contributed by atoms with van der Waals surface area (Å²) in [6.45, 7) is 0.